The molecule has 1 aromatic heterocycles. The van der Waals surface area contributed by atoms with Crippen LogP contribution in [-0.4, -0.2) is 96.6 Å². The zero-order valence-electron chi connectivity index (χ0n) is 29.8. The third-order valence-electron chi connectivity index (χ3n) is 10.3. The Labute approximate surface area is 297 Å². The van der Waals surface area contributed by atoms with Crippen LogP contribution >= 0.6 is 0 Å². The van der Waals surface area contributed by atoms with Crippen molar-refractivity contribution in [1.29, 1.82) is 0 Å². The molecule has 0 unspecified atom stereocenters. The number of aliphatic imine (C=N–C) groups is 1. The number of likely N-dealkylation sites (tertiary alicyclic amines) is 1. The van der Waals surface area contributed by atoms with Gasteiger partial charge in [-0.2, -0.15) is 0 Å². The zero-order valence-corrected chi connectivity index (χ0v) is 29.8. The molecular formula is C36H49N7O8. The molecule has 4 amide bonds. The zero-order chi connectivity index (χ0) is 37.1. The molecule has 1 aliphatic carbocycles. The van der Waals surface area contributed by atoms with Crippen molar-refractivity contribution < 1.29 is 38.9 Å². The molecule has 2 atom stereocenters. The fraction of sp³-hybridized carbons (Fsp3) is 0.611. The predicted octanol–water partition coefficient (Wildman–Crippen LogP) is 1.85. The largest absolute Gasteiger partial charge is 0.386 e. The number of hydrogen-bond acceptors (Lipinski definition) is 10. The molecule has 3 heterocycles. The molecule has 1 aromatic carbocycles. The van der Waals surface area contributed by atoms with Gasteiger partial charge < -0.3 is 30.9 Å². The van der Waals surface area contributed by atoms with Crippen LogP contribution in [-0.2, 0) is 35.1 Å². The van der Waals surface area contributed by atoms with Gasteiger partial charge in [0.1, 0.15) is 22.9 Å². The Hall–Kier alpha value is -4.34. The average Bonchev–Trinajstić information content (AvgIpc) is 3.76. The number of ketones is 1. The molecule has 15 nitrogen and oxygen atoms in total. The van der Waals surface area contributed by atoms with Gasteiger partial charge in [-0.25, -0.2) is 9.67 Å². The molecule has 2 saturated heterocycles. The Balaban J connectivity index is 1.52. The highest BCUT2D eigenvalue weighted by Crippen LogP contribution is 2.34. The number of aromatic nitrogens is 3. The molecule has 276 valence electrons. The number of amides is 4. The highest BCUT2D eigenvalue weighted by molar-refractivity contribution is 6.41. The lowest BCUT2D eigenvalue weighted by molar-refractivity contribution is -0.146. The number of primary amides is 1. The van der Waals surface area contributed by atoms with Crippen LogP contribution in [0.25, 0.3) is 0 Å². The molecule has 3 fully saturated rings. The van der Waals surface area contributed by atoms with E-state index >= 15 is 0 Å². The molecule has 2 aliphatic heterocycles. The van der Waals surface area contributed by atoms with E-state index in [9.17, 15) is 34.2 Å². The van der Waals surface area contributed by atoms with Gasteiger partial charge in [-0.3, -0.25) is 24.0 Å². The number of aliphatic hydroxyl groups is 2. The SMILES string of the molecule is CC(C)(O)c1ccc(C(=O)N=C(CC2CCCCC2)C(=O)N2C[C@@H](n3nncc3C(C)(C)O)C[C@H]2C(=O)NC2(C(=O)C(N)=O)CCOCC2)cc1. The molecule has 5 rings (SSSR count). The standard InChI is InChI=1S/C36H49N7O8/c1-34(2,49)24-12-10-23(11-13-24)31(46)39-26(18-22-8-6-5-7-9-22)33(48)42-21-25(43-28(20-38-41-43)35(3,4)50)19-27(42)32(47)40-36(29(44)30(37)45)14-16-51-17-15-36/h10-13,20,22,25,27,49-50H,5-9,14-19,21H2,1-4H3,(H2,37,45)(H,40,47)/t25-,27-/m0/s1. The monoisotopic (exact) mass is 707 g/mol. The van der Waals surface area contributed by atoms with Crippen molar-refractivity contribution in [3.05, 3.63) is 47.3 Å². The first-order valence-electron chi connectivity index (χ1n) is 17.6. The number of hydrogen-bond donors (Lipinski definition) is 4. The van der Waals surface area contributed by atoms with Crippen molar-refractivity contribution in [2.24, 2.45) is 16.6 Å². The van der Waals surface area contributed by atoms with Crippen molar-refractivity contribution in [2.75, 3.05) is 19.8 Å². The van der Waals surface area contributed by atoms with Gasteiger partial charge in [-0.1, -0.05) is 49.5 Å². The number of benzene rings is 1. The molecule has 2 aromatic rings. The normalized spacial score (nSPS) is 21.7. The van der Waals surface area contributed by atoms with Crippen molar-refractivity contribution in [3.63, 3.8) is 0 Å². The van der Waals surface area contributed by atoms with Gasteiger partial charge in [0.05, 0.1) is 23.5 Å². The van der Waals surface area contributed by atoms with Crippen molar-refractivity contribution in [1.82, 2.24) is 25.2 Å². The van der Waals surface area contributed by atoms with Crippen LogP contribution in [0.5, 0.6) is 0 Å². The first kappa shape index (κ1) is 37.9. The Morgan fingerprint density at radius 3 is 2.24 bits per heavy atom. The van der Waals surface area contributed by atoms with E-state index in [4.69, 9.17) is 10.5 Å². The second kappa shape index (κ2) is 15.1. The number of nitrogens with two attached hydrogens (primary N) is 1. The Morgan fingerprint density at radius 2 is 1.65 bits per heavy atom. The molecule has 51 heavy (non-hydrogen) atoms. The number of carbonyl (C=O) groups is 5. The third kappa shape index (κ3) is 8.59. The first-order chi connectivity index (χ1) is 24.0. The van der Waals surface area contributed by atoms with E-state index in [1.807, 2.05) is 0 Å². The number of nitrogens with one attached hydrogen (secondary N) is 1. The van der Waals surface area contributed by atoms with E-state index in [0.717, 1.165) is 32.1 Å². The van der Waals surface area contributed by atoms with E-state index in [-0.39, 0.29) is 62.6 Å². The number of Topliss-reactive ketones (excluding diaryl/α,β-unsaturated/α-hetero) is 1. The molecule has 1 saturated carbocycles. The molecule has 15 heteroatoms. The quantitative estimate of drug-likeness (QED) is 0.196. The highest BCUT2D eigenvalue weighted by atomic mass is 16.5. The van der Waals surface area contributed by atoms with E-state index in [2.05, 4.69) is 20.6 Å². The molecule has 5 N–H and O–H groups in total. The Kier molecular flexibility index (Phi) is 11.2. The van der Waals surface area contributed by atoms with Crippen molar-refractivity contribution in [2.45, 2.75) is 114 Å². The van der Waals surface area contributed by atoms with Gasteiger partial charge in [-0.15, -0.1) is 5.10 Å². The molecule has 0 spiro atoms. The van der Waals surface area contributed by atoms with Crippen molar-refractivity contribution in [3.8, 4) is 0 Å². The third-order valence-corrected chi connectivity index (χ3v) is 10.3. The minimum atomic E-state index is -1.61. The van der Waals surface area contributed by atoms with Gasteiger partial charge in [-0.05, 0) is 57.7 Å². The summed E-state index contributed by atoms with van der Waals surface area (Å²) in [6, 6.07) is 4.58. The van der Waals surface area contributed by atoms with E-state index in [1.165, 1.54) is 15.8 Å². The van der Waals surface area contributed by atoms with Crippen LogP contribution in [0.15, 0.2) is 35.5 Å². The minimum absolute atomic E-state index is 0.00667. The summed E-state index contributed by atoms with van der Waals surface area (Å²) in [7, 11) is 0. The molecule has 3 aliphatic rings. The second-order valence-corrected chi connectivity index (χ2v) is 15.1. The number of ether oxygens (including phenoxy) is 1. The maximum absolute atomic E-state index is 14.7. The predicted molar refractivity (Wildman–Crippen MR) is 184 cm³/mol. The van der Waals surface area contributed by atoms with Crippen molar-refractivity contribution >= 4 is 35.1 Å². The lowest BCUT2D eigenvalue weighted by atomic mass is 9.84. The van der Waals surface area contributed by atoms with Gasteiger partial charge in [0.15, 0.2) is 0 Å². The smallest absolute Gasteiger partial charge is 0.287 e. The fourth-order valence-electron chi connectivity index (χ4n) is 7.32. The summed E-state index contributed by atoms with van der Waals surface area (Å²) in [4.78, 5) is 73.4. The number of nitrogens with zero attached hydrogens (tertiary/aromatic N) is 5. The topological polar surface area (TPSA) is 219 Å². The summed E-state index contributed by atoms with van der Waals surface area (Å²) >= 11 is 0. The number of rotatable bonds is 11. The molecule has 0 radical (unpaired) electrons. The van der Waals surface area contributed by atoms with Gasteiger partial charge >= 0.3 is 0 Å². The summed E-state index contributed by atoms with van der Waals surface area (Å²) in [6.45, 7) is 6.60. The summed E-state index contributed by atoms with van der Waals surface area (Å²) in [5.41, 5.74) is 2.54. The van der Waals surface area contributed by atoms with E-state index in [1.54, 1.807) is 52.0 Å². The Bertz CT molecular complexity index is 1660. The van der Waals surface area contributed by atoms with Crippen LogP contribution in [0, 0.1) is 5.92 Å². The van der Waals surface area contributed by atoms with E-state index in [0.29, 0.717) is 11.3 Å². The first-order valence-corrected chi connectivity index (χ1v) is 17.6. The fourth-order valence-corrected chi connectivity index (χ4v) is 7.32. The summed E-state index contributed by atoms with van der Waals surface area (Å²) in [5, 5.41) is 32.2. The van der Waals surface area contributed by atoms with Crippen LogP contribution in [0.2, 0.25) is 0 Å². The van der Waals surface area contributed by atoms with Gasteiger partial charge in [0, 0.05) is 44.6 Å². The summed E-state index contributed by atoms with van der Waals surface area (Å²) in [5.74, 6) is -3.97. The minimum Gasteiger partial charge on any atom is -0.386 e. The van der Waals surface area contributed by atoms with Crippen LogP contribution in [0.1, 0.15) is 113 Å². The van der Waals surface area contributed by atoms with Crippen LogP contribution < -0.4 is 11.1 Å². The molecule has 0 bridgehead atoms. The summed E-state index contributed by atoms with van der Waals surface area (Å²) in [6.07, 6.45) is 6.49. The van der Waals surface area contributed by atoms with Gasteiger partial charge in [0.25, 0.3) is 17.7 Å². The average molecular weight is 708 g/mol. The van der Waals surface area contributed by atoms with Crippen LogP contribution in [0.4, 0.5) is 0 Å². The van der Waals surface area contributed by atoms with Gasteiger partial charge in [0.2, 0.25) is 11.7 Å². The van der Waals surface area contributed by atoms with E-state index < -0.39 is 58.2 Å². The highest BCUT2D eigenvalue weighted by Gasteiger charge is 2.49. The number of carbonyl (C=O) groups excluding carboxylic acids is 5. The Morgan fingerprint density at radius 1 is 1.00 bits per heavy atom. The lowest BCUT2D eigenvalue weighted by Crippen LogP contribution is -2.63. The maximum atomic E-state index is 14.7. The maximum Gasteiger partial charge on any atom is 0.287 e. The molecular weight excluding hydrogens is 658 g/mol. The second-order valence-electron chi connectivity index (χ2n) is 15.1. The van der Waals surface area contributed by atoms with Crippen LogP contribution in [0.3, 0.4) is 0 Å². The summed E-state index contributed by atoms with van der Waals surface area (Å²) < 4.78 is 6.90. The lowest BCUT2D eigenvalue weighted by Gasteiger charge is -2.37.